The Bertz CT molecular complexity index is 871. The molecule has 1 heterocycles. The smallest absolute Gasteiger partial charge is 0.271 e. The third-order valence-electron chi connectivity index (χ3n) is 8.04. The first-order valence-electron chi connectivity index (χ1n) is 10.2. The second-order valence-corrected chi connectivity index (χ2v) is 12.6. The first kappa shape index (κ1) is 22.4. The fourth-order valence-electron chi connectivity index (χ4n) is 6.82. The lowest BCUT2D eigenvalue weighted by molar-refractivity contribution is -0.245. The molecule has 4 rings (SSSR count). The van der Waals surface area contributed by atoms with Crippen molar-refractivity contribution in [1.82, 2.24) is 0 Å². The normalized spacial score (nSPS) is 49.0. The molecule has 0 aromatic heterocycles. The zero-order valence-corrected chi connectivity index (χ0v) is 18.0. The predicted octanol–water partition coefficient (Wildman–Crippen LogP) is -1.38. The Morgan fingerprint density at radius 2 is 1.23 bits per heavy atom. The summed E-state index contributed by atoms with van der Waals surface area (Å²) in [6, 6.07) is -1.77. The molecule has 3 aliphatic carbocycles. The van der Waals surface area contributed by atoms with Gasteiger partial charge in [0.05, 0.1) is 12.2 Å². The van der Waals surface area contributed by atoms with Gasteiger partial charge >= 0.3 is 0 Å². The van der Waals surface area contributed by atoms with Crippen molar-refractivity contribution < 1.29 is 35.5 Å². The van der Waals surface area contributed by atoms with Crippen LogP contribution in [0.15, 0.2) is 0 Å². The highest BCUT2D eigenvalue weighted by Crippen LogP contribution is 2.65. The molecule has 8 atom stereocenters. The summed E-state index contributed by atoms with van der Waals surface area (Å²) in [6.45, 7) is 0. The average molecular weight is 468 g/mol. The molecular weight excluding hydrogens is 438 g/mol. The lowest BCUT2D eigenvalue weighted by Crippen LogP contribution is -2.72. The van der Waals surface area contributed by atoms with Crippen molar-refractivity contribution in [1.29, 1.82) is 0 Å². The van der Waals surface area contributed by atoms with Crippen LogP contribution in [0.1, 0.15) is 38.5 Å². The van der Waals surface area contributed by atoms with E-state index in [9.17, 15) is 30.7 Å². The minimum atomic E-state index is -4.60. The Morgan fingerprint density at radius 1 is 0.833 bits per heavy atom. The summed E-state index contributed by atoms with van der Waals surface area (Å²) in [6.07, 6.45) is 0.378. The van der Waals surface area contributed by atoms with E-state index in [2.05, 4.69) is 0 Å². The van der Waals surface area contributed by atoms with E-state index in [0.717, 1.165) is 0 Å². The molecule has 0 aromatic carbocycles. The van der Waals surface area contributed by atoms with Crippen LogP contribution in [0.2, 0.25) is 0 Å². The molecule has 8 unspecified atom stereocenters. The van der Waals surface area contributed by atoms with Gasteiger partial charge in [-0.2, -0.15) is 16.8 Å². The Morgan fingerprint density at radius 3 is 1.57 bits per heavy atom. The quantitative estimate of drug-likeness (QED) is 0.307. The first-order valence-corrected chi connectivity index (χ1v) is 13.2. The topological polar surface area (TPSA) is 213 Å². The lowest BCUT2D eigenvalue weighted by Gasteiger charge is -2.66. The van der Waals surface area contributed by atoms with Crippen molar-refractivity contribution in [2.75, 3.05) is 0 Å². The number of nitrogens with two attached hydrogens (primary N) is 3. The first-order chi connectivity index (χ1) is 13.8. The lowest BCUT2D eigenvalue weighted by atomic mass is 9.44. The molecule has 30 heavy (non-hydrogen) atoms. The van der Waals surface area contributed by atoms with Gasteiger partial charge in [-0.15, -0.1) is 0 Å². The number of fused-ring (bicyclic) bond motifs is 4. The third kappa shape index (κ3) is 3.29. The Balaban J connectivity index is 1.81. The van der Waals surface area contributed by atoms with Gasteiger partial charge in [-0.1, -0.05) is 0 Å². The molecule has 8 N–H and O–H groups in total. The number of carbonyl (C=O) groups is 1. The van der Waals surface area contributed by atoms with Crippen molar-refractivity contribution in [3.05, 3.63) is 0 Å². The van der Waals surface area contributed by atoms with Crippen LogP contribution in [0.25, 0.3) is 0 Å². The summed E-state index contributed by atoms with van der Waals surface area (Å²) >= 11 is 0. The largest absolute Gasteiger partial charge is 0.371 e. The summed E-state index contributed by atoms with van der Waals surface area (Å²) in [5.74, 6) is -1.53. The minimum absolute atomic E-state index is 0.336. The average Bonchev–Trinajstić information content (AvgIpc) is 2.54. The molecule has 1 amide bonds. The number of rotatable bonds is 3. The van der Waals surface area contributed by atoms with E-state index in [0.29, 0.717) is 38.5 Å². The standard InChI is InChI=1S/C17H29N3O8S2/c18-10-3-1-8-12(14(10)29(22,23)24)28-13-9(17(8)5-7(6-17)16(20)21)2-4-11(19)15(13)30(25,26)27/h7-15H,1-6,18-19H2,(H2,20,21)(H,22,23,24)(H,25,26,27). The van der Waals surface area contributed by atoms with Crippen LogP contribution in [0.3, 0.4) is 0 Å². The molecule has 13 heteroatoms. The van der Waals surface area contributed by atoms with Crippen molar-refractivity contribution in [3.8, 4) is 0 Å². The van der Waals surface area contributed by atoms with E-state index in [4.69, 9.17) is 21.9 Å². The van der Waals surface area contributed by atoms with Crippen molar-refractivity contribution in [3.63, 3.8) is 0 Å². The van der Waals surface area contributed by atoms with Gasteiger partial charge in [0.1, 0.15) is 10.5 Å². The van der Waals surface area contributed by atoms with E-state index in [1.54, 1.807) is 0 Å². The summed E-state index contributed by atoms with van der Waals surface area (Å²) in [5, 5.41) is -2.86. The van der Waals surface area contributed by atoms with Crippen molar-refractivity contribution >= 4 is 26.1 Å². The summed E-state index contributed by atoms with van der Waals surface area (Å²) < 4.78 is 74.5. The number of ether oxygens (including phenoxy) is 1. The molecule has 1 saturated heterocycles. The number of amides is 1. The molecule has 4 aliphatic rings. The van der Waals surface area contributed by atoms with E-state index in [1.165, 1.54) is 0 Å². The molecule has 0 bridgehead atoms. The summed E-state index contributed by atoms with van der Waals surface area (Å²) in [5.41, 5.74) is 16.9. The molecule has 3 saturated carbocycles. The third-order valence-corrected chi connectivity index (χ3v) is 10.7. The van der Waals surface area contributed by atoms with Crippen LogP contribution in [0, 0.1) is 23.2 Å². The van der Waals surface area contributed by atoms with E-state index < -0.39 is 72.3 Å². The molecule has 11 nitrogen and oxygen atoms in total. The fraction of sp³-hybridized carbons (Fsp3) is 0.941. The monoisotopic (exact) mass is 467 g/mol. The number of hydrogen-bond donors (Lipinski definition) is 5. The summed E-state index contributed by atoms with van der Waals surface area (Å²) in [4.78, 5) is 11.8. The Hall–Kier alpha value is -0.830. The van der Waals surface area contributed by atoms with Gasteiger partial charge in [0.15, 0.2) is 0 Å². The predicted molar refractivity (Wildman–Crippen MR) is 105 cm³/mol. The van der Waals surface area contributed by atoms with Crippen molar-refractivity contribution in [2.24, 2.45) is 40.4 Å². The number of primary amides is 1. The van der Waals surface area contributed by atoms with Gasteiger partial charge in [-0.05, 0) is 55.8 Å². The second-order valence-electron chi connectivity index (χ2n) is 9.46. The molecular formula is C17H29N3O8S2. The summed E-state index contributed by atoms with van der Waals surface area (Å²) in [7, 11) is -9.20. The van der Waals surface area contributed by atoms with Gasteiger partial charge in [-0.3, -0.25) is 13.9 Å². The zero-order valence-electron chi connectivity index (χ0n) is 16.3. The molecule has 172 valence electrons. The van der Waals surface area contributed by atoms with Crippen LogP contribution in [-0.2, 0) is 29.8 Å². The molecule has 1 spiro atoms. The SMILES string of the molecule is NC(=O)C1CC2(C1)C1CCC(N)C(S(=O)(=O)O)C1OC1C2CCC(N)C1S(=O)(=O)O. The van der Waals surface area contributed by atoms with Gasteiger partial charge in [0.2, 0.25) is 5.91 Å². The molecule has 0 radical (unpaired) electrons. The van der Waals surface area contributed by atoms with Crippen LogP contribution < -0.4 is 17.2 Å². The maximum Gasteiger partial charge on any atom is 0.271 e. The van der Waals surface area contributed by atoms with Crippen LogP contribution in [0.5, 0.6) is 0 Å². The highest BCUT2D eigenvalue weighted by atomic mass is 32.2. The molecule has 4 fully saturated rings. The Labute approximate surface area is 175 Å². The van der Waals surface area contributed by atoms with Crippen LogP contribution in [-0.4, -0.2) is 66.6 Å². The highest BCUT2D eigenvalue weighted by molar-refractivity contribution is 7.86. The zero-order chi connectivity index (χ0) is 22.2. The van der Waals surface area contributed by atoms with E-state index in [1.807, 2.05) is 0 Å². The van der Waals surface area contributed by atoms with E-state index in [-0.39, 0.29) is 11.8 Å². The second kappa shape index (κ2) is 7.09. The van der Waals surface area contributed by atoms with Gasteiger partial charge in [0, 0.05) is 18.0 Å². The fourth-order valence-corrected chi connectivity index (χ4v) is 9.16. The van der Waals surface area contributed by atoms with Gasteiger partial charge < -0.3 is 21.9 Å². The number of hydrogen-bond acceptors (Lipinski definition) is 8. The molecule has 0 aromatic rings. The maximum absolute atomic E-state index is 12.2. The van der Waals surface area contributed by atoms with Crippen molar-refractivity contribution in [2.45, 2.75) is 73.3 Å². The van der Waals surface area contributed by atoms with Gasteiger partial charge in [-0.25, -0.2) is 0 Å². The van der Waals surface area contributed by atoms with E-state index >= 15 is 0 Å². The highest BCUT2D eigenvalue weighted by Gasteiger charge is 2.68. The van der Waals surface area contributed by atoms with Crippen LogP contribution >= 0.6 is 0 Å². The maximum atomic E-state index is 12.2. The molecule has 1 aliphatic heterocycles. The van der Waals surface area contributed by atoms with Crippen LogP contribution in [0.4, 0.5) is 0 Å². The Kier molecular flexibility index (Phi) is 5.28. The van der Waals surface area contributed by atoms with Gasteiger partial charge in [0.25, 0.3) is 20.2 Å². The number of carbonyl (C=O) groups excluding carboxylic acids is 1. The minimum Gasteiger partial charge on any atom is -0.371 e.